The fraction of sp³-hybridized carbons (Fsp3) is 0.750. The van der Waals surface area contributed by atoms with Gasteiger partial charge in [0.05, 0.1) is 13.2 Å². The molecule has 0 rings (SSSR count). The van der Waals surface area contributed by atoms with Gasteiger partial charge in [-0.2, -0.15) is 0 Å². The second-order valence-electron chi connectivity index (χ2n) is 2.47. The molecule has 0 bridgehead atoms. The first-order chi connectivity index (χ1) is 6.31. The molecule has 0 saturated carbocycles. The third kappa shape index (κ3) is 8.81. The van der Waals surface area contributed by atoms with Crippen LogP contribution in [0.5, 0.6) is 0 Å². The van der Waals surface area contributed by atoms with E-state index in [9.17, 15) is 9.59 Å². The van der Waals surface area contributed by atoms with E-state index in [1.165, 1.54) is 0 Å². The average molecular weight is 188 g/mol. The lowest BCUT2D eigenvalue weighted by Gasteiger charge is -2.04. The van der Waals surface area contributed by atoms with E-state index >= 15 is 0 Å². The largest absolute Gasteiger partial charge is 0.465 e. The Morgan fingerprint density at radius 1 is 1.46 bits per heavy atom. The van der Waals surface area contributed by atoms with Crippen molar-refractivity contribution in [1.29, 1.82) is 0 Å². The molecule has 2 N–H and O–H groups in total. The lowest BCUT2D eigenvalue weighted by Crippen LogP contribution is -2.31. The highest BCUT2D eigenvalue weighted by Crippen LogP contribution is 1.80. The molecule has 0 aromatic rings. The summed E-state index contributed by atoms with van der Waals surface area (Å²) in [6, 6.07) is 0. The van der Waals surface area contributed by atoms with Crippen LogP contribution >= 0.6 is 0 Å². The molecule has 0 aliphatic heterocycles. The van der Waals surface area contributed by atoms with Crippen LogP contribution in [0.3, 0.4) is 0 Å². The lowest BCUT2D eigenvalue weighted by atomic mass is 10.5. The van der Waals surface area contributed by atoms with E-state index in [0.29, 0.717) is 26.1 Å². The van der Waals surface area contributed by atoms with Gasteiger partial charge in [0.15, 0.2) is 0 Å². The molecular weight excluding hydrogens is 172 g/mol. The predicted molar refractivity (Wildman–Crippen MR) is 48.2 cm³/mol. The summed E-state index contributed by atoms with van der Waals surface area (Å²) in [5, 5.41) is 5.30. The van der Waals surface area contributed by atoms with Gasteiger partial charge in [0, 0.05) is 13.1 Å². The van der Waals surface area contributed by atoms with Gasteiger partial charge in [-0.1, -0.05) is 6.92 Å². The molecule has 0 aromatic heterocycles. The molecule has 0 aliphatic rings. The van der Waals surface area contributed by atoms with Gasteiger partial charge in [0.25, 0.3) is 0 Å². The molecule has 1 amide bonds. The number of hydrogen-bond donors (Lipinski definition) is 2. The van der Waals surface area contributed by atoms with Crippen molar-refractivity contribution in [2.24, 2.45) is 0 Å². The Morgan fingerprint density at radius 2 is 2.23 bits per heavy atom. The Labute approximate surface area is 77.8 Å². The minimum atomic E-state index is -0.257. The number of hydrogen-bond acceptors (Lipinski definition) is 4. The van der Waals surface area contributed by atoms with Gasteiger partial charge in [-0.15, -0.1) is 0 Å². The van der Waals surface area contributed by atoms with Crippen molar-refractivity contribution in [3.63, 3.8) is 0 Å². The molecule has 0 unspecified atom stereocenters. The van der Waals surface area contributed by atoms with Crippen molar-refractivity contribution >= 4 is 12.4 Å². The predicted octanol–water partition coefficient (Wildman–Crippen LogP) is -0.725. The molecular formula is C8H16N2O3. The Balaban J connectivity index is 3.12. The summed E-state index contributed by atoms with van der Waals surface area (Å²) in [5.41, 5.74) is 0. The minimum absolute atomic E-state index is 0.195. The van der Waals surface area contributed by atoms with Crippen LogP contribution in [0.1, 0.15) is 13.3 Å². The van der Waals surface area contributed by atoms with E-state index in [-0.39, 0.29) is 12.5 Å². The van der Waals surface area contributed by atoms with Crippen LogP contribution in [-0.2, 0) is 14.3 Å². The van der Waals surface area contributed by atoms with Crippen molar-refractivity contribution in [2.45, 2.75) is 13.3 Å². The second-order valence-corrected chi connectivity index (χ2v) is 2.47. The van der Waals surface area contributed by atoms with Crippen LogP contribution in [0.2, 0.25) is 0 Å². The minimum Gasteiger partial charge on any atom is -0.465 e. The van der Waals surface area contributed by atoms with Crippen LogP contribution in [-0.4, -0.2) is 38.6 Å². The monoisotopic (exact) mass is 188 g/mol. The number of rotatable bonds is 8. The summed E-state index contributed by atoms with van der Waals surface area (Å²) >= 11 is 0. The topological polar surface area (TPSA) is 67.4 Å². The zero-order chi connectivity index (χ0) is 9.94. The highest BCUT2D eigenvalue weighted by atomic mass is 16.5. The Hall–Kier alpha value is -1.10. The van der Waals surface area contributed by atoms with Gasteiger partial charge in [-0.05, 0) is 6.42 Å². The van der Waals surface area contributed by atoms with Gasteiger partial charge < -0.3 is 15.4 Å². The molecule has 5 heteroatoms. The summed E-state index contributed by atoms with van der Waals surface area (Å²) in [7, 11) is 0. The average Bonchev–Trinajstić information content (AvgIpc) is 2.14. The lowest BCUT2D eigenvalue weighted by molar-refractivity contribution is -0.142. The summed E-state index contributed by atoms with van der Waals surface area (Å²) in [6.07, 6.45) is 1.45. The van der Waals surface area contributed by atoms with E-state index < -0.39 is 0 Å². The maximum atomic E-state index is 10.9. The standard InChI is InChI=1S/C8H16N2O3/c1-2-5-13-8(12)6-9-3-4-10-7-11/h7,9H,2-6H2,1H3,(H,10,11). The zero-order valence-electron chi connectivity index (χ0n) is 7.84. The highest BCUT2D eigenvalue weighted by Gasteiger charge is 1.99. The quantitative estimate of drug-likeness (QED) is 0.299. The Bertz CT molecular complexity index is 150. The van der Waals surface area contributed by atoms with E-state index in [1.807, 2.05) is 6.92 Å². The number of carbonyl (C=O) groups is 2. The molecule has 76 valence electrons. The molecule has 0 heterocycles. The van der Waals surface area contributed by atoms with Crippen LogP contribution in [0.15, 0.2) is 0 Å². The van der Waals surface area contributed by atoms with Crippen molar-refractivity contribution in [1.82, 2.24) is 10.6 Å². The first kappa shape index (κ1) is 11.9. The second kappa shape index (κ2) is 8.99. The van der Waals surface area contributed by atoms with Crippen LogP contribution in [0.25, 0.3) is 0 Å². The van der Waals surface area contributed by atoms with Crippen molar-refractivity contribution in [3.05, 3.63) is 0 Å². The van der Waals surface area contributed by atoms with Crippen LogP contribution in [0.4, 0.5) is 0 Å². The molecule has 5 nitrogen and oxygen atoms in total. The van der Waals surface area contributed by atoms with E-state index in [4.69, 9.17) is 4.74 Å². The summed E-state index contributed by atoms with van der Waals surface area (Å²) in [5.74, 6) is -0.257. The fourth-order valence-corrected chi connectivity index (χ4v) is 0.677. The molecule has 0 saturated heterocycles. The van der Waals surface area contributed by atoms with Crippen molar-refractivity contribution < 1.29 is 14.3 Å². The van der Waals surface area contributed by atoms with Gasteiger partial charge in [-0.3, -0.25) is 9.59 Å². The maximum Gasteiger partial charge on any atom is 0.319 e. The normalized spacial score (nSPS) is 9.31. The Kier molecular flexibility index (Phi) is 8.23. The number of amides is 1. The van der Waals surface area contributed by atoms with Gasteiger partial charge in [0.1, 0.15) is 0 Å². The maximum absolute atomic E-state index is 10.9. The number of carbonyl (C=O) groups excluding carboxylic acids is 2. The van der Waals surface area contributed by atoms with E-state index in [2.05, 4.69) is 10.6 Å². The number of ether oxygens (including phenoxy) is 1. The highest BCUT2D eigenvalue weighted by molar-refractivity contribution is 5.71. The third-order valence-electron chi connectivity index (χ3n) is 1.27. The zero-order valence-corrected chi connectivity index (χ0v) is 7.84. The SMILES string of the molecule is CCCOC(=O)CNCCNC=O. The molecule has 0 spiro atoms. The van der Waals surface area contributed by atoms with Crippen LogP contribution < -0.4 is 10.6 Å². The smallest absolute Gasteiger partial charge is 0.319 e. The first-order valence-corrected chi connectivity index (χ1v) is 4.34. The number of esters is 1. The van der Waals surface area contributed by atoms with E-state index in [0.717, 1.165) is 6.42 Å². The fourth-order valence-electron chi connectivity index (χ4n) is 0.677. The third-order valence-corrected chi connectivity index (χ3v) is 1.27. The molecule has 0 aromatic carbocycles. The van der Waals surface area contributed by atoms with E-state index in [1.54, 1.807) is 0 Å². The molecule has 0 aliphatic carbocycles. The van der Waals surface area contributed by atoms with Gasteiger partial charge in [0.2, 0.25) is 6.41 Å². The van der Waals surface area contributed by atoms with Crippen molar-refractivity contribution in [3.8, 4) is 0 Å². The number of nitrogens with one attached hydrogen (secondary N) is 2. The summed E-state index contributed by atoms with van der Waals surface area (Å²) in [6.45, 7) is 3.69. The molecule has 13 heavy (non-hydrogen) atoms. The summed E-state index contributed by atoms with van der Waals surface area (Å²) < 4.78 is 4.81. The summed E-state index contributed by atoms with van der Waals surface area (Å²) in [4.78, 5) is 20.7. The van der Waals surface area contributed by atoms with Crippen molar-refractivity contribution in [2.75, 3.05) is 26.2 Å². The molecule has 0 radical (unpaired) electrons. The molecule has 0 atom stereocenters. The van der Waals surface area contributed by atoms with Crippen LogP contribution in [0, 0.1) is 0 Å². The molecule has 0 fully saturated rings. The van der Waals surface area contributed by atoms with Gasteiger partial charge in [-0.25, -0.2) is 0 Å². The Morgan fingerprint density at radius 3 is 2.85 bits per heavy atom. The van der Waals surface area contributed by atoms with Gasteiger partial charge >= 0.3 is 5.97 Å². The first-order valence-electron chi connectivity index (χ1n) is 4.34.